The van der Waals surface area contributed by atoms with E-state index < -0.39 is 0 Å². The summed E-state index contributed by atoms with van der Waals surface area (Å²) in [5.41, 5.74) is 6.54. The van der Waals surface area contributed by atoms with Crippen molar-refractivity contribution < 1.29 is 37.9 Å². The Morgan fingerprint density at radius 3 is 1.14 bits per heavy atom. The molecule has 1 aliphatic carbocycles. The molecule has 3 aromatic heterocycles. The number of aromatic nitrogens is 2. The molecule has 2 N–H and O–H groups in total. The van der Waals surface area contributed by atoms with Crippen LogP contribution in [0, 0.1) is 10.8 Å². The lowest BCUT2D eigenvalue weighted by atomic mass is 9.86. The van der Waals surface area contributed by atoms with Gasteiger partial charge in [-0.2, -0.15) is 0 Å². The molecule has 0 unspecified atom stereocenters. The van der Waals surface area contributed by atoms with E-state index in [9.17, 15) is 10.8 Å². The fourth-order valence-electron chi connectivity index (χ4n) is 7.84. The van der Waals surface area contributed by atoms with Gasteiger partial charge in [0, 0.05) is 52.4 Å². The quantitative estimate of drug-likeness (QED) is 0.0344. The Bertz CT molecular complexity index is 2890. The van der Waals surface area contributed by atoms with Crippen molar-refractivity contribution in [1.82, 2.24) is 9.97 Å². The Kier molecular flexibility index (Phi) is 24.5. The number of alkyl halides is 2. The maximum atomic E-state index is 9.77. The predicted octanol–water partition coefficient (Wildman–Crippen LogP) is 12.3. The minimum atomic E-state index is -0.111. The molecule has 7 rings (SSSR count). The number of ether oxygens (including phenoxy) is 8. The predicted molar refractivity (Wildman–Crippen MR) is 319 cm³/mol. The van der Waals surface area contributed by atoms with Gasteiger partial charge in [-0.15, -0.1) is 22.7 Å². The van der Waals surface area contributed by atoms with Crippen molar-refractivity contribution in [2.24, 2.45) is 0 Å². The smallest absolute Gasteiger partial charge is 0.119 e. The van der Waals surface area contributed by atoms with Gasteiger partial charge < -0.3 is 37.9 Å². The molecule has 408 valence electrons. The van der Waals surface area contributed by atoms with E-state index in [2.05, 4.69) is 116 Å². The number of hydrogen-bond acceptors (Lipinski definition) is 14. The first kappa shape index (κ1) is 60.8. The Balaban J connectivity index is 0.00000463. The second-order valence-electron chi connectivity index (χ2n) is 19.3. The lowest BCUT2D eigenvalue weighted by Gasteiger charge is -2.20. The monoisotopic (exact) mass is 1200 g/mol. The minimum Gasteiger partial charge on any atom is -0.491 e. The summed E-state index contributed by atoms with van der Waals surface area (Å²) in [4.78, 5) is 15.0. The van der Waals surface area contributed by atoms with Gasteiger partial charge in [0.05, 0.1) is 102 Å². The van der Waals surface area contributed by atoms with Crippen LogP contribution in [0.2, 0.25) is 0 Å². The zero-order valence-electron chi connectivity index (χ0n) is 45.3. The van der Waals surface area contributed by atoms with Gasteiger partial charge in [0.2, 0.25) is 0 Å². The normalized spacial score (nSPS) is 12.7. The lowest BCUT2D eigenvalue weighted by Crippen LogP contribution is -2.45. The number of halogens is 2. The molecule has 12 nitrogen and oxygen atoms in total. The Hall–Kier alpha value is -4.46. The van der Waals surface area contributed by atoms with Crippen molar-refractivity contribution in [2.75, 3.05) is 103 Å². The number of thiophene rings is 2. The summed E-state index contributed by atoms with van der Waals surface area (Å²) in [5, 5.41) is 22.2. The molecule has 0 saturated carbocycles. The van der Waals surface area contributed by atoms with Crippen LogP contribution in [0.3, 0.4) is 0 Å². The molecule has 0 radical (unpaired) electrons. The van der Waals surface area contributed by atoms with E-state index in [4.69, 9.17) is 47.9 Å². The molecule has 0 fully saturated rings. The topological polar surface area (TPSA) is 147 Å². The van der Waals surface area contributed by atoms with Crippen molar-refractivity contribution in [3.05, 3.63) is 128 Å². The largest absolute Gasteiger partial charge is 0.491 e. The van der Waals surface area contributed by atoms with Gasteiger partial charge in [-0.3, -0.25) is 10.8 Å². The van der Waals surface area contributed by atoms with Crippen LogP contribution in [0.4, 0.5) is 0 Å². The molecule has 0 bridgehead atoms. The van der Waals surface area contributed by atoms with E-state index in [0.29, 0.717) is 137 Å². The van der Waals surface area contributed by atoms with Crippen molar-refractivity contribution in [3.63, 3.8) is 0 Å². The molecule has 6 aromatic rings. The average Bonchev–Trinajstić information content (AvgIpc) is 4.14. The third-order valence-electron chi connectivity index (χ3n) is 11.8. The Morgan fingerprint density at radius 2 is 0.763 bits per heavy atom. The standard InChI is InChI=1S/C58H68Br2N4O8S2.C2H6/c1-57(2,3)42-13-7-39(8-14-42)45-19-20-46(73-45)49-51(61)52(62)50(47-21-22-48(74-47)58(4,5)6)56-55(49)63-53(40-9-15-43(16-10-40)71-37-35-69-33-31-67-29-27-65-25-23-59)54(64-56)41-11-17-44(18-12-41)72-38-36-70-34-32-68-30-28-66-26-24-60;1-2/h7-22,61-62H,23-38H2,1-6H3;1-2H3. The molecule has 76 heavy (non-hydrogen) atoms. The Labute approximate surface area is 474 Å². The SMILES string of the molecule is CC.CC(C)(C)c1ccc(-c2ccc(C3=c4nc(-c5ccc(OCCOCCOCCOCCBr)cc5)c(-c5ccc(OCCOCCOCCOCCBr)cc5)nc4=C(c4ccc(C(C)(C)C)s4)C(=N)C3=N)s2)cc1. The average molecular weight is 1200 g/mol. The number of nitrogens with zero attached hydrogens (tertiary/aromatic N) is 2. The molecule has 16 heteroatoms. The van der Waals surface area contributed by atoms with Crippen molar-refractivity contribution in [2.45, 2.75) is 66.2 Å². The maximum Gasteiger partial charge on any atom is 0.119 e. The van der Waals surface area contributed by atoms with Crippen LogP contribution in [0.15, 0.2) is 97.1 Å². The van der Waals surface area contributed by atoms with E-state index in [1.165, 1.54) is 10.4 Å². The van der Waals surface area contributed by atoms with E-state index in [-0.39, 0.29) is 22.3 Å². The molecule has 3 heterocycles. The molecule has 0 aliphatic heterocycles. The highest BCUT2D eigenvalue weighted by Gasteiger charge is 2.30. The summed E-state index contributed by atoms with van der Waals surface area (Å²) >= 11 is 9.93. The van der Waals surface area contributed by atoms with Gasteiger partial charge in [-0.25, -0.2) is 9.97 Å². The third-order valence-corrected chi connectivity index (χ3v) is 15.1. The Morgan fingerprint density at radius 1 is 0.408 bits per heavy atom. The number of fused-ring (bicyclic) bond motifs is 1. The fourth-order valence-corrected chi connectivity index (χ4v) is 10.5. The minimum absolute atomic E-state index is 0.0290. The number of nitrogens with one attached hydrogen (secondary N) is 2. The van der Waals surface area contributed by atoms with Crippen LogP contribution in [0.25, 0.3) is 44.1 Å². The first-order valence-corrected chi connectivity index (χ1v) is 29.9. The second-order valence-corrected chi connectivity index (χ2v) is 23.1. The highest BCUT2D eigenvalue weighted by Crippen LogP contribution is 2.38. The van der Waals surface area contributed by atoms with Gasteiger partial charge in [0.15, 0.2) is 0 Å². The molecule has 3 aromatic carbocycles. The molecule has 0 amide bonds. The summed E-state index contributed by atoms with van der Waals surface area (Å²) in [5.74, 6) is 1.37. The molecule has 0 saturated heterocycles. The molecular formula is C60H74Br2N4O8S2. The number of benzene rings is 3. The van der Waals surface area contributed by atoms with Crippen LogP contribution < -0.4 is 20.2 Å². The molecule has 1 aliphatic rings. The van der Waals surface area contributed by atoms with Gasteiger partial charge in [0.1, 0.15) is 35.4 Å². The van der Waals surface area contributed by atoms with Crippen molar-refractivity contribution in [3.8, 4) is 44.5 Å². The van der Waals surface area contributed by atoms with Crippen LogP contribution in [0.5, 0.6) is 11.5 Å². The highest BCUT2D eigenvalue weighted by molar-refractivity contribution is 9.09. The van der Waals surface area contributed by atoms with E-state index in [1.807, 2.05) is 68.4 Å². The van der Waals surface area contributed by atoms with Gasteiger partial charge in [-0.05, 0) is 94.8 Å². The zero-order valence-corrected chi connectivity index (χ0v) is 50.1. The maximum absolute atomic E-state index is 9.77. The van der Waals surface area contributed by atoms with Crippen LogP contribution >= 0.6 is 54.5 Å². The van der Waals surface area contributed by atoms with Crippen molar-refractivity contribution in [1.29, 1.82) is 10.8 Å². The van der Waals surface area contributed by atoms with E-state index in [0.717, 1.165) is 42.0 Å². The van der Waals surface area contributed by atoms with E-state index in [1.54, 1.807) is 22.7 Å². The summed E-state index contributed by atoms with van der Waals surface area (Å²) in [6, 6.07) is 32.7. The summed E-state index contributed by atoms with van der Waals surface area (Å²) in [6.07, 6.45) is 0. The molecular weight excluding hydrogens is 1130 g/mol. The highest BCUT2D eigenvalue weighted by atomic mass is 79.9. The van der Waals surface area contributed by atoms with Crippen LogP contribution in [0.1, 0.15) is 75.6 Å². The summed E-state index contributed by atoms with van der Waals surface area (Å²) in [6.45, 7) is 24.1. The van der Waals surface area contributed by atoms with Crippen LogP contribution in [-0.2, 0) is 39.3 Å². The first-order valence-electron chi connectivity index (χ1n) is 26.0. The summed E-state index contributed by atoms with van der Waals surface area (Å²) < 4.78 is 45.7. The van der Waals surface area contributed by atoms with Gasteiger partial charge >= 0.3 is 0 Å². The number of rotatable bonds is 29. The van der Waals surface area contributed by atoms with E-state index >= 15 is 0 Å². The zero-order chi connectivity index (χ0) is 54.5. The number of hydrogen-bond donors (Lipinski definition) is 2. The van der Waals surface area contributed by atoms with Crippen molar-refractivity contribution >= 4 is 77.1 Å². The third kappa shape index (κ3) is 17.3. The molecule has 0 spiro atoms. The van der Waals surface area contributed by atoms with Gasteiger partial charge in [-0.1, -0.05) is 112 Å². The first-order chi connectivity index (χ1) is 36.8. The second kappa shape index (κ2) is 30.6. The molecule has 0 atom stereocenters. The van der Waals surface area contributed by atoms with Gasteiger partial charge in [0.25, 0.3) is 0 Å². The summed E-state index contributed by atoms with van der Waals surface area (Å²) in [7, 11) is 0. The van der Waals surface area contributed by atoms with Crippen LogP contribution in [-0.4, -0.2) is 125 Å². The lowest BCUT2D eigenvalue weighted by molar-refractivity contribution is 0.0119. The fraction of sp³-hybridized carbons (Fsp3) is 0.433.